The van der Waals surface area contributed by atoms with Gasteiger partial charge in [0, 0.05) is 18.8 Å². The average molecular weight is 851 g/mol. The first-order valence-corrected chi connectivity index (χ1v) is 21.9. The van der Waals surface area contributed by atoms with E-state index in [1.165, 1.54) is 14.2 Å². The monoisotopic (exact) mass is 850 g/mol. The summed E-state index contributed by atoms with van der Waals surface area (Å²) in [4.78, 5) is 64.5. The van der Waals surface area contributed by atoms with E-state index in [0.29, 0.717) is 18.0 Å². The quantitative estimate of drug-likeness (QED) is 0.0920. The summed E-state index contributed by atoms with van der Waals surface area (Å²) in [6.45, 7) is 4.46. The predicted octanol–water partition coefficient (Wildman–Crippen LogP) is 7.24. The largest absolute Gasteiger partial charge is 0.453 e. The molecule has 1 unspecified atom stereocenters. The minimum Gasteiger partial charge on any atom is -0.453 e. The zero-order valence-electron chi connectivity index (χ0n) is 36.0. The maximum Gasteiger partial charge on any atom is 0.407 e. The molecule has 4 amide bonds. The highest BCUT2D eigenvalue weighted by atomic mass is 16.5. The lowest BCUT2D eigenvalue weighted by Crippen LogP contribution is -2.54. The summed E-state index contributed by atoms with van der Waals surface area (Å²) in [6.07, 6.45) is 6.99. The van der Waals surface area contributed by atoms with Crippen molar-refractivity contribution in [2.45, 2.75) is 82.3 Å². The average Bonchev–Trinajstić information content (AvgIpc) is 4.18. The molecule has 4 aromatic carbocycles. The highest BCUT2D eigenvalue weighted by Gasteiger charge is 2.51. The van der Waals surface area contributed by atoms with E-state index in [1.54, 1.807) is 0 Å². The van der Waals surface area contributed by atoms with E-state index in [9.17, 15) is 19.2 Å². The first-order chi connectivity index (χ1) is 30.6. The molecular weight excluding hydrogens is 797 g/mol. The Balaban J connectivity index is 0.859. The number of alkyl carbamates (subject to hydrolysis) is 2. The Hall–Kier alpha value is -6.83. The lowest BCUT2D eigenvalue weighted by atomic mass is 9.95. The first-order valence-electron chi connectivity index (χ1n) is 21.9. The van der Waals surface area contributed by atoms with Gasteiger partial charge in [-0.2, -0.15) is 0 Å². The lowest BCUT2D eigenvalue weighted by Gasteiger charge is -2.37. The van der Waals surface area contributed by atoms with Crippen LogP contribution in [0.2, 0.25) is 0 Å². The molecule has 326 valence electrons. The Bertz CT molecular complexity index is 2540. The topological polar surface area (TPSA) is 170 Å². The third-order valence-electron chi connectivity index (χ3n) is 13.3. The standard InChI is InChI=1S/C49H54N8O6/c1-28(2)41(54-48(60)62-3)47(59)57-37-21-20-36(25-37)43(57)45-51-26-38(53-45)30-14-12-29(13-15-30)32-16-17-34-24-35(19-18-33(34)23-32)39-27-50-44(52-39)40-11-8-22-56(40)46(58)42(55-49(61)63-4)31-9-6-5-7-10-31/h5-7,9-10,12-19,23-24,26-28,36-37,40-44,50,52H,8,11,20-22,25H2,1-4H3,(H,51,53)(H,54,60)(H,55,61)/t36-,37+,40-,41-,42+,43-,44?/m0/s1. The maximum absolute atomic E-state index is 14.0. The molecule has 3 fully saturated rings. The Kier molecular flexibility index (Phi) is 11.5. The molecule has 0 radical (unpaired) electrons. The number of rotatable bonds is 11. The number of ether oxygens (including phenoxy) is 2. The van der Waals surface area contributed by atoms with Gasteiger partial charge in [-0.05, 0) is 94.7 Å². The Morgan fingerprint density at radius 3 is 2.19 bits per heavy atom. The second-order valence-electron chi connectivity index (χ2n) is 17.4. The zero-order valence-corrected chi connectivity index (χ0v) is 36.0. The summed E-state index contributed by atoms with van der Waals surface area (Å²) in [7, 11) is 2.60. The Morgan fingerprint density at radius 2 is 1.46 bits per heavy atom. The van der Waals surface area contributed by atoms with Gasteiger partial charge in [0.25, 0.3) is 0 Å². The van der Waals surface area contributed by atoms with Gasteiger partial charge in [-0.1, -0.05) is 92.7 Å². The van der Waals surface area contributed by atoms with Crippen LogP contribution in [0.15, 0.2) is 103 Å². The summed E-state index contributed by atoms with van der Waals surface area (Å²) in [6, 6.07) is 28.9. The van der Waals surface area contributed by atoms with Crippen molar-refractivity contribution in [2.24, 2.45) is 11.8 Å². The summed E-state index contributed by atoms with van der Waals surface area (Å²) >= 11 is 0. The number of methoxy groups -OCH3 is 2. The number of carbonyl (C=O) groups is 4. The van der Waals surface area contributed by atoms with Gasteiger partial charge in [0.15, 0.2) is 0 Å². The number of aromatic amines is 1. The third-order valence-corrected chi connectivity index (χ3v) is 13.3. The number of H-pyrrole nitrogens is 1. The number of hydrogen-bond acceptors (Lipinski definition) is 9. The lowest BCUT2D eigenvalue weighted by molar-refractivity contribution is -0.139. The SMILES string of the molecule is COC(=O)N[C@H](C(=O)N1[C@@H]2CC[C@@H](C2)[C@H]1c1ncc(-c2ccc(-c3ccc4cc(C5=CNC([C@@H]6CCCN6C(=O)[C@H](NC(=O)OC)c6ccccc6)N5)ccc4c3)cc2)[nH]1)C(C)C. The van der Waals surface area contributed by atoms with E-state index in [0.717, 1.165) is 82.3 Å². The second kappa shape index (κ2) is 17.5. The molecule has 5 N–H and O–H groups in total. The molecule has 0 spiro atoms. The number of fused-ring (bicyclic) bond motifs is 3. The van der Waals surface area contributed by atoms with Crippen LogP contribution in [0.1, 0.15) is 75.0 Å². The maximum atomic E-state index is 14.0. The molecule has 7 atom stereocenters. The molecule has 14 nitrogen and oxygen atoms in total. The minimum absolute atomic E-state index is 0.0916. The van der Waals surface area contributed by atoms with E-state index in [2.05, 4.69) is 86.9 Å². The fraction of sp³-hybridized carbons (Fsp3) is 0.367. The number of hydrogen-bond donors (Lipinski definition) is 5. The molecule has 1 aromatic heterocycles. The number of imidazole rings is 1. The first kappa shape index (κ1) is 41.5. The molecule has 1 saturated carbocycles. The molecule has 5 aromatic rings. The molecule has 2 bridgehead atoms. The minimum atomic E-state index is -0.854. The summed E-state index contributed by atoms with van der Waals surface area (Å²) in [5.41, 5.74) is 6.76. The smallest absolute Gasteiger partial charge is 0.407 e. The van der Waals surface area contributed by atoms with Crippen molar-refractivity contribution in [2.75, 3.05) is 20.8 Å². The number of aromatic nitrogens is 2. The van der Waals surface area contributed by atoms with Crippen molar-refractivity contribution < 1.29 is 28.7 Å². The van der Waals surface area contributed by atoms with Gasteiger partial charge in [0.05, 0.1) is 43.9 Å². The van der Waals surface area contributed by atoms with E-state index < -0.39 is 24.3 Å². The van der Waals surface area contributed by atoms with Crippen molar-refractivity contribution >= 4 is 40.5 Å². The molecule has 1 aliphatic carbocycles. The van der Waals surface area contributed by atoms with E-state index in [1.807, 2.05) is 66.4 Å². The molecule has 63 heavy (non-hydrogen) atoms. The van der Waals surface area contributed by atoms with Gasteiger partial charge in [-0.25, -0.2) is 14.6 Å². The molecule has 2 saturated heterocycles. The zero-order chi connectivity index (χ0) is 43.8. The van der Waals surface area contributed by atoms with Crippen molar-refractivity contribution in [3.63, 3.8) is 0 Å². The second-order valence-corrected chi connectivity index (χ2v) is 17.4. The van der Waals surface area contributed by atoms with Gasteiger partial charge < -0.3 is 45.5 Å². The summed E-state index contributed by atoms with van der Waals surface area (Å²) in [5.74, 6) is 0.726. The number of carbonyl (C=O) groups excluding carboxylic acids is 4. The van der Waals surface area contributed by atoms with Gasteiger partial charge >= 0.3 is 12.2 Å². The molecule has 14 heteroatoms. The van der Waals surface area contributed by atoms with Crippen LogP contribution in [0.5, 0.6) is 0 Å². The van der Waals surface area contributed by atoms with Gasteiger partial charge in [0.1, 0.15) is 24.1 Å². The fourth-order valence-corrected chi connectivity index (χ4v) is 10.1. The molecule has 3 aliphatic heterocycles. The summed E-state index contributed by atoms with van der Waals surface area (Å²) in [5, 5.41) is 14.8. The van der Waals surface area contributed by atoms with Crippen LogP contribution in [0, 0.1) is 11.8 Å². The van der Waals surface area contributed by atoms with Gasteiger partial charge in [0.2, 0.25) is 11.8 Å². The van der Waals surface area contributed by atoms with Crippen LogP contribution in [0.25, 0.3) is 38.9 Å². The number of amides is 4. The van der Waals surface area contributed by atoms with Crippen molar-refractivity contribution in [1.82, 2.24) is 41.0 Å². The van der Waals surface area contributed by atoms with E-state index in [4.69, 9.17) is 14.5 Å². The van der Waals surface area contributed by atoms with Gasteiger partial charge in [-0.15, -0.1) is 0 Å². The number of benzene rings is 4. The van der Waals surface area contributed by atoms with Crippen molar-refractivity contribution in [3.05, 3.63) is 120 Å². The van der Waals surface area contributed by atoms with Crippen LogP contribution in [-0.2, 0) is 19.1 Å². The van der Waals surface area contributed by atoms with Crippen LogP contribution in [-0.4, -0.2) is 88.8 Å². The fourth-order valence-electron chi connectivity index (χ4n) is 10.1. The highest BCUT2D eigenvalue weighted by molar-refractivity contribution is 5.91. The number of piperidine rings is 1. The van der Waals surface area contributed by atoms with Crippen LogP contribution >= 0.6 is 0 Å². The van der Waals surface area contributed by atoms with E-state index >= 15 is 0 Å². The Morgan fingerprint density at radius 1 is 0.778 bits per heavy atom. The molecule has 4 heterocycles. The van der Waals surface area contributed by atoms with Crippen molar-refractivity contribution in [3.8, 4) is 22.4 Å². The van der Waals surface area contributed by atoms with Crippen LogP contribution in [0.3, 0.4) is 0 Å². The molecule has 9 rings (SSSR count). The number of nitrogens with one attached hydrogen (secondary N) is 5. The molecule has 4 aliphatic rings. The Labute approximate surface area is 366 Å². The van der Waals surface area contributed by atoms with Crippen LogP contribution < -0.4 is 21.3 Å². The van der Waals surface area contributed by atoms with Crippen LogP contribution in [0.4, 0.5) is 9.59 Å². The predicted molar refractivity (Wildman–Crippen MR) is 239 cm³/mol. The van der Waals surface area contributed by atoms with Gasteiger partial charge in [-0.3, -0.25) is 9.59 Å². The highest BCUT2D eigenvalue weighted by Crippen LogP contribution is 2.50. The normalized spacial score (nSPS) is 22.3. The number of likely N-dealkylation sites (tertiary alicyclic amines) is 2. The number of nitrogens with zero attached hydrogens (tertiary/aromatic N) is 3. The third kappa shape index (κ3) is 8.17. The van der Waals surface area contributed by atoms with E-state index in [-0.39, 0.29) is 42.0 Å². The molecular formula is C49H54N8O6. The van der Waals surface area contributed by atoms with Crippen molar-refractivity contribution in [1.29, 1.82) is 0 Å². The summed E-state index contributed by atoms with van der Waals surface area (Å²) < 4.78 is 9.68.